The smallest absolute Gasteiger partial charge is 0.339 e. The zero-order chi connectivity index (χ0) is 16.7. The van der Waals surface area contributed by atoms with Crippen LogP contribution in [-0.2, 0) is 0 Å². The van der Waals surface area contributed by atoms with E-state index in [1.807, 2.05) is 22.6 Å². The van der Waals surface area contributed by atoms with Crippen LogP contribution in [0.25, 0.3) is 0 Å². The number of carbonyl (C=O) groups is 3. The predicted octanol–water partition coefficient (Wildman–Crippen LogP) is 2.80. The third-order valence-electron chi connectivity index (χ3n) is 3.53. The number of amides is 2. The van der Waals surface area contributed by atoms with E-state index in [1.54, 1.807) is 24.3 Å². The Kier molecular flexibility index (Phi) is 3.80. The van der Waals surface area contributed by atoms with Crippen LogP contribution in [0.2, 0.25) is 0 Å². The Balaban J connectivity index is 2.16. The van der Waals surface area contributed by atoms with Gasteiger partial charge < -0.3 is 9.84 Å². The maximum atomic E-state index is 12.5. The lowest BCUT2D eigenvalue weighted by Gasteiger charge is -2.18. The normalized spacial score (nSPS) is 13.2. The highest BCUT2D eigenvalue weighted by atomic mass is 127. The fourth-order valence-corrected chi connectivity index (χ4v) is 3.17. The Bertz CT molecular complexity index is 827. The van der Waals surface area contributed by atoms with Gasteiger partial charge in [-0.25, -0.2) is 9.69 Å². The second-order valence-electron chi connectivity index (χ2n) is 4.80. The molecule has 3 rings (SSSR count). The lowest BCUT2D eigenvalue weighted by atomic mass is 10.1. The number of aromatic carboxylic acids is 1. The molecule has 0 spiro atoms. The number of carboxylic acid groups (broad SMARTS) is 1. The predicted molar refractivity (Wildman–Crippen MR) is 90.3 cm³/mol. The first-order valence-corrected chi connectivity index (χ1v) is 7.62. The summed E-state index contributed by atoms with van der Waals surface area (Å²) in [5.74, 6) is -1.93. The third-order valence-corrected chi connectivity index (χ3v) is 4.40. The van der Waals surface area contributed by atoms with Crippen LogP contribution < -0.4 is 9.64 Å². The first-order valence-electron chi connectivity index (χ1n) is 6.54. The van der Waals surface area contributed by atoms with Crippen LogP contribution in [0.3, 0.4) is 0 Å². The lowest BCUT2D eigenvalue weighted by molar-refractivity contribution is 0.0693. The summed E-state index contributed by atoms with van der Waals surface area (Å²) in [6.45, 7) is 0. The quantitative estimate of drug-likeness (QED) is 0.607. The number of carboxylic acids is 1. The fraction of sp³-hybridized carbons (Fsp3) is 0.0625. The van der Waals surface area contributed by atoms with Gasteiger partial charge in [0.2, 0.25) is 0 Å². The average Bonchev–Trinajstić information content (AvgIpc) is 2.79. The standard InChI is InChI=1S/C16H10INO5/c1-23-13-7-12(11(17)6-10(13)16(21)22)18-14(19)8-4-2-3-5-9(8)15(18)20/h2-7H,1H3,(H,21,22). The number of hydrogen-bond acceptors (Lipinski definition) is 4. The van der Waals surface area contributed by atoms with Crippen molar-refractivity contribution < 1.29 is 24.2 Å². The molecular weight excluding hydrogens is 413 g/mol. The topological polar surface area (TPSA) is 83.9 Å². The Morgan fingerprint density at radius 2 is 1.70 bits per heavy atom. The number of ether oxygens (including phenoxy) is 1. The molecule has 0 saturated carbocycles. The Morgan fingerprint density at radius 1 is 1.13 bits per heavy atom. The van der Waals surface area contributed by atoms with Gasteiger partial charge in [-0.2, -0.15) is 0 Å². The first kappa shape index (κ1) is 15.5. The minimum atomic E-state index is -1.14. The maximum absolute atomic E-state index is 12.5. The van der Waals surface area contributed by atoms with E-state index in [0.717, 1.165) is 4.90 Å². The van der Waals surface area contributed by atoms with Crippen molar-refractivity contribution in [1.82, 2.24) is 0 Å². The largest absolute Gasteiger partial charge is 0.496 e. The molecule has 23 heavy (non-hydrogen) atoms. The van der Waals surface area contributed by atoms with Crippen molar-refractivity contribution in [2.24, 2.45) is 0 Å². The minimum Gasteiger partial charge on any atom is -0.496 e. The molecule has 2 aromatic rings. The highest BCUT2D eigenvalue weighted by Crippen LogP contribution is 2.35. The molecule has 7 heteroatoms. The van der Waals surface area contributed by atoms with E-state index in [4.69, 9.17) is 4.74 Å². The molecule has 2 aromatic carbocycles. The van der Waals surface area contributed by atoms with Gasteiger partial charge in [0.25, 0.3) is 11.8 Å². The molecule has 0 atom stereocenters. The van der Waals surface area contributed by atoms with Crippen LogP contribution in [0.1, 0.15) is 31.1 Å². The maximum Gasteiger partial charge on any atom is 0.339 e. The van der Waals surface area contributed by atoms with Crippen molar-refractivity contribution in [3.63, 3.8) is 0 Å². The average molecular weight is 423 g/mol. The number of fused-ring (bicyclic) bond motifs is 1. The summed E-state index contributed by atoms with van der Waals surface area (Å²) in [5, 5.41) is 9.19. The number of hydrogen-bond donors (Lipinski definition) is 1. The van der Waals surface area contributed by atoms with Crippen LogP contribution in [0.15, 0.2) is 36.4 Å². The molecule has 2 amide bonds. The van der Waals surface area contributed by atoms with Gasteiger partial charge in [-0.3, -0.25) is 9.59 Å². The molecule has 0 aliphatic carbocycles. The molecule has 0 aromatic heterocycles. The van der Waals surface area contributed by atoms with E-state index in [0.29, 0.717) is 20.4 Å². The van der Waals surface area contributed by atoms with E-state index in [9.17, 15) is 19.5 Å². The van der Waals surface area contributed by atoms with Gasteiger partial charge in [-0.05, 0) is 40.8 Å². The summed E-state index contributed by atoms with van der Waals surface area (Å²) in [4.78, 5) is 37.3. The number of anilines is 1. The number of imide groups is 1. The summed E-state index contributed by atoms with van der Waals surface area (Å²) < 4.78 is 5.54. The molecule has 1 aliphatic heterocycles. The molecule has 1 heterocycles. The Hall–Kier alpha value is -2.42. The van der Waals surface area contributed by atoms with Crippen molar-refractivity contribution >= 4 is 46.1 Å². The second-order valence-corrected chi connectivity index (χ2v) is 5.96. The number of carbonyl (C=O) groups excluding carboxylic acids is 2. The molecule has 0 bridgehead atoms. The minimum absolute atomic E-state index is 0.0303. The van der Waals surface area contributed by atoms with Crippen molar-refractivity contribution in [1.29, 1.82) is 0 Å². The summed E-state index contributed by atoms with van der Waals surface area (Å²) >= 11 is 1.90. The van der Waals surface area contributed by atoms with Crippen LogP contribution >= 0.6 is 22.6 Å². The molecule has 0 unspecified atom stereocenters. The molecule has 0 saturated heterocycles. The molecule has 1 aliphatic rings. The van der Waals surface area contributed by atoms with Gasteiger partial charge in [0.05, 0.1) is 23.9 Å². The van der Waals surface area contributed by atoms with E-state index in [2.05, 4.69) is 0 Å². The monoisotopic (exact) mass is 423 g/mol. The van der Waals surface area contributed by atoms with Crippen LogP contribution in [-0.4, -0.2) is 30.0 Å². The van der Waals surface area contributed by atoms with Crippen molar-refractivity contribution in [2.75, 3.05) is 12.0 Å². The van der Waals surface area contributed by atoms with Crippen molar-refractivity contribution in [2.45, 2.75) is 0 Å². The Labute approximate surface area is 144 Å². The van der Waals surface area contributed by atoms with Crippen LogP contribution in [0.4, 0.5) is 5.69 Å². The molecule has 0 radical (unpaired) electrons. The number of benzene rings is 2. The van der Waals surface area contributed by atoms with E-state index >= 15 is 0 Å². The molecule has 1 N–H and O–H groups in total. The van der Waals surface area contributed by atoms with Gasteiger partial charge in [0.1, 0.15) is 11.3 Å². The van der Waals surface area contributed by atoms with Crippen molar-refractivity contribution in [3.05, 3.63) is 56.7 Å². The number of methoxy groups -OCH3 is 1. The van der Waals surface area contributed by atoms with Gasteiger partial charge in [-0.15, -0.1) is 0 Å². The summed E-state index contributed by atoms with van der Waals surface area (Å²) in [6, 6.07) is 9.32. The van der Waals surface area contributed by atoms with Crippen molar-refractivity contribution in [3.8, 4) is 5.75 Å². The van der Waals surface area contributed by atoms with Crippen LogP contribution in [0, 0.1) is 3.57 Å². The summed E-state index contributed by atoms with van der Waals surface area (Å²) in [5.41, 5.74) is 0.931. The van der Waals surface area contributed by atoms with Gasteiger partial charge >= 0.3 is 5.97 Å². The second kappa shape index (κ2) is 5.65. The number of halogens is 1. The Morgan fingerprint density at radius 3 is 2.17 bits per heavy atom. The van der Waals surface area contributed by atoms with E-state index < -0.39 is 17.8 Å². The summed E-state index contributed by atoms with van der Waals surface area (Å²) in [7, 11) is 1.33. The SMILES string of the molecule is COc1cc(N2C(=O)c3ccccc3C2=O)c(I)cc1C(=O)O. The zero-order valence-corrected chi connectivity index (χ0v) is 14.0. The first-order chi connectivity index (χ1) is 11.0. The lowest BCUT2D eigenvalue weighted by Crippen LogP contribution is -2.30. The van der Waals surface area contributed by atoms with Gasteiger partial charge in [-0.1, -0.05) is 12.1 Å². The zero-order valence-electron chi connectivity index (χ0n) is 11.9. The molecule has 116 valence electrons. The number of nitrogens with zero attached hydrogens (tertiary/aromatic N) is 1. The van der Waals surface area contributed by atoms with E-state index in [-0.39, 0.29) is 11.3 Å². The van der Waals surface area contributed by atoms with Gasteiger partial charge in [0, 0.05) is 9.64 Å². The number of rotatable bonds is 3. The molecule has 0 fully saturated rings. The third kappa shape index (κ3) is 2.37. The highest BCUT2D eigenvalue weighted by Gasteiger charge is 2.37. The van der Waals surface area contributed by atoms with E-state index in [1.165, 1.54) is 19.2 Å². The highest BCUT2D eigenvalue weighted by molar-refractivity contribution is 14.1. The molecule has 6 nitrogen and oxygen atoms in total. The van der Waals surface area contributed by atoms with Gasteiger partial charge in [0.15, 0.2) is 0 Å². The summed E-state index contributed by atoms with van der Waals surface area (Å²) in [6.07, 6.45) is 0. The molecular formula is C16H10INO5. The fourth-order valence-electron chi connectivity index (χ4n) is 2.46. The van der Waals surface area contributed by atoms with Crippen LogP contribution in [0.5, 0.6) is 5.75 Å².